The summed E-state index contributed by atoms with van der Waals surface area (Å²) in [4.78, 5) is 13.0. The summed E-state index contributed by atoms with van der Waals surface area (Å²) >= 11 is 0. The molecule has 2 heterocycles. The fraction of sp³-hybridized carbons (Fsp3) is 0.333. The molecule has 0 aliphatic carbocycles. The van der Waals surface area contributed by atoms with E-state index in [0.29, 0.717) is 12.4 Å². The quantitative estimate of drug-likeness (QED) is 0.928. The minimum atomic E-state index is -0.743. The Morgan fingerprint density at radius 1 is 1.45 bits per heavy atom. The molecular formula is C15H15N2O3. The molecule has 3 rings (SSSR count). The van der Waals surface area contributed by atoms with Crippen molar-refractivity contribution in [1.29, 1.82) is 0 Å². The van der Waals surface area contributed by atoms with E-state index in [1.54, 1.807) is 0 Å². The van der Waals surface area contributed by atoms with Crippen LogP contribution in [0.1, 0.15) is 12.8 Å². The summed E-state index contributed by atoms with van der Waals surface area (Å²) in [5.74, 6) is -0.435. The van der Waals surface area contributed by atoms with Gasteiger partial charge in [0.1, 0.15) is 5.69 Å². The van der Waals surface area contributed by atoms with Crippen molar-refractivity contribution in [2.75, 3.05) is 18.0 Å². The van der Waals surface area contributed by atoms with Gasteiger partial charge in [0, 0.05) is 24.7 Å². The third kappa shape index (κ3) is 2.52. The van der Waals surface area contributed by atoms with Crippen molar-refractivity contribution in [3.63, 3.8) is 0 Å². The third-order valence-electron chi connectivity index (χ3n) is 3.59. The maximum atomic E-state index is 11.1. The largest absolute Gasteiger partial charge is 0.481 e. The Morgan fingerprint density at radius 3 is 3.00 bits per heavy atom. The summed E-state index contributed by atoms with van der Waals surface area (Å²) in [6, 6.07) is 12.3. The molecule has 0 amide bonds. The lowest BCUT2D eigenvalue weighted by molar-refractivity contribution is -0.141. The average molecular weight is 271 g/mol. The number of carboxylic acids is 1. The fourth-order valence-corrected chi connectivity index (χ4v) is 2.49. The van der Waals surface area contributed by atoms with Crippen molar-refractivity contribution < 1.29 is 14.4 Å². The molecule has 103 valence electrons. The summed E-state index contributed by atoms with van der Waals surface area (Å²) in [5, 5.41) is 13.2. The van der Waals surface area contributed by atoms with Crippen molar-refractivity contribution in [2.45, 2.75) is 12.8 Å². The molecule has 1 atom stereocenters. The second kappa shape index (κ2) is 5.36. The highest BCUT2D eigenvalue weighted by Gasteiger charge is 2.27. The Morgan fingerprint density at radius 2 is 2.25 bits per heavy atom. The van der Waals surface area contributed by atoms with Crippen LogP contribution in [0.4, 0.5) is 5.88 Å². The first kappa shape index (κ1) is 12.7. The zero-order valence-corrected chi connectivity index (χ0v) is 11.0. The van der Waals surface area contributed by atoms with Gasteiger partial charge in [-0.2, -0.15) is 0 Å². The summed E-state index contributed by atoms with van der Waals surface area (Å²) in [6.07, 6.45) is 1.58. The van der Waals surface area contributed by atoms with Gasteiger partial charge in [-0.25, -0.2) is 0 Å². The first-order valence-electron chi connectivity index (χ1n) is 6.65. The van der Waals surface area contributed by atoms with Gasteiger partial charge in [0.05, 0.1) is 5.92 Å². The van der Waals surface area contributed by atoms with Gasteiger partial charge in [-0.15, -0.1) is 0 Å². The number of aliphatic carboxylic acids is 1. The smallest absolute Gasteiger partial charge is 0.308 e. The molecule has 0 saturated carbocycles. The van der Waals surface area contributed by atoms with E-state index in [0.717, 1.165) is 30.6 Å². The summed E-state index contributed by atoms with van der Waals surface area (Å²) in [5.41, 5.74) is 1.72. The number of aromatic nitrogens is 1. The predicted molar refractivity (Wildman–Crippen MR) is 73.3 cm³/mol. The van der Waals surface area contributed by atoms with Crippen LogP contribution in [0.15, 0.2) is 34.9 Å². The maximum Gasteiger partial charge on any atom is 0.308 e. The van der Waals surface area contributed by atoms with E-state index in [2.05, 4.69) is 11.2 Å². The van der Waals surface area contributed by atoms with E-state index in [9.17, 15) is 4.79 Å². The van der Waals surface area contributed by atoms with Crippen LogP contribution in [0, 0.1) is 12.0 Å². The first-order chi connectivity index (χ1) is 9.74. The lowest BCUT2D eigenvalue weighted by atomic mass is 9.98. The Kier molecular flexibility index (Phi) is 3.41. The number of carboxylic acid groups (broad SMARTS) is 1. The molecule has 1 aliphatic heterocycles. The molecule has 1 aromatic carbocycles. The Labute approximate surface area is 116 Å². The van der Waals surface area contributed by atoms with Gasteiger partial charge in [0.25, 0.3) is 0 Å². The van der Waals surface area contributed by atoms with Crippen LogP contribution in [-0.2, 0) is 4.79 Å². The summed E-state index contributed by atoms with van der Waals surface area (Å²) in [7, 11) is 0. The van der Waals surface area contributed by atoms with Gasteiger partial charge in [0.15, 0.2) is 0 Å². The molecule has 1 aliphatic rings. The highest BCUT2D eigenvalue weighted by atomic mass is 16.5. The minimum absolute atomic E-state index is 0.330. The van der Waals surface area contributed by atoms with Crippen molar-refractivity contribution >= 4 is 11.9 Å². The number of hydrogen-bond donors (Lipinski definition) is 1. The number of piperidine rings is 1. The molecular weight excluding hydrogens is 256 g/mol. The van der Waals surface area contributed by atoms with Gasteiger partial charge in [0.2, 0.25) is 5.88 Å². The van der Waals surface area contributed by atoms with Crippen LogP contribution in [0.2, 0.25) is 0 Å². The summed E-state index contributed by atoms with van der Waals surface area (Å²) in [6.45, 7) is 1.29. The van der Waals surface area contributed by atoms with Gasteiger partial charge in [-0.1, -0.05) is 29.4 Å². The van der Waals surface area contributed by atoms with Crippen LogP contribution in [0.5, 0.6) is 0 Å². The highest BCUT2D eigenvalue weighted by molar-refractivity contribution is 5.71. The van der Waals surface area contributed by atoms with Crippen LogP contribution >= 0.6 is 0 Å². The first-order valence-corrected chi connectivity index (χ1v) is 6.65. The number of anilines is 1. The number of hydrogen-bond acceptors (Lipinski definition) is 4. The molecule has 1 aromatic heterocycles. The molecule has 1 unspecified atom stereocenters. The number of benzene rings is 1. The zero-order chi connectivity index (χ0) is 13.9. The second-order valence-electron chi connectivity index (χ2n) is 4.96. The third-order valence-corrected chi connectivity index (χ3v) is 3.59. The van der Waals surface area contributed by atoms with E-state index in [1.807, 2.05) is 35.2 Å². The molecule has 5 nitrogen and oxygen atoms in total. The highest BCUT2D eigenvalue weighted by Crippen LogP contribution is 2.27. The zero-order valence-electron chi connectivity index (χ0n) is 11.0. The van der Waals surface area contributed by atoms with Crippen molar-refractivity contribution in [2.24, 2.45) is 5.92 Å². The SMILES string of the molecule is O=C(O)C1CCCN(c2cc(-c3cc[c]cc3)no2)C1. The molecule has 1 saturated heterocycles. The number of carbonyl (C=O) groups is 1. The Hall–Kier alpha value is -2.30. The molecule has 0 spiro atoms. The van der Waals surface area contributed by atoms with Crippen molar-refractivity contribution in [3.05, 3.63) is 36.4 Å². The lowest BCUT2D eigenvalue weighted by Crippen LogP contribution is -2.38. The average Bonchev–Trinajstić information content (AvgIpc) is 2.98. The maximum absolute atomic E-state index is 11.1. The number of nitrogens with zero attached hydrogens (tertiary/aromatic N) is 2. The fourth-order valence-electron chi connectivity index (χ4n) is 2.49. The van der Waals surface area contributed by atoms with Crippen LogP contribution < -0.4 is 4.90 Å². The number of rotatable bonds is 3. The minimum Gasteiger partial charge on any atom is -0.481 e. The van der Waals surface area contributed by atoms with Gasteiger partial charge in [-0.3, -0.25) is 4.79 Å². The van der Waals surface area contributed by atoms with Crippen LogP contribution in [0.3, 0.4) is 0 Å². The van der Waals surface area contributed by atoms with Gasteiger partial charge < -0.3 is 14.5 Å². The molecule has 1 N–H and O–H groups in total. The molecule has 1 radical (unpaired) electrons. The van der Waals surface area contributed by atoms with Gasteiger partial charge in [-0.05, 0) is 18.9 Å². The molecule has 20 heavy (non-hydrogen) atoms. The van der Waals surface area contributed by atoms with Crippen LogP contribution in [0.25, 0.3) is 11.3 Å². The van der Waals surface area contributed by atoms with E-state index >= 15 is 0 Å². The second-order valence-corrected chi connectivity index (χ2v) is 4.96. The van der Waals surface area contributed by atoms with E-state index in [1.165, 1.54) is 0 Å². The van der Waals surface area contributed by atoms with Crippen LogP contribution in [-0.4, -0.2) is 29.3 Å². The normalized spacial score (nSPS) is 19.0. The van der Waals surface area contributed by atoms with Crippen molar-refractivity contribution in [3.8, 4) is 11.3 Å². The lowest BCUT2D eigenvalue weighted by Gasteiger charge is -2.29. The summed E-state index contributed by atoms with van der Waals surface area (Å²) < 4.78 is 5.36. The van der Waals surface area contributed by atoms with Crippen molar-refractivity contribution in [1.82, 2.24) is 5.16 Å². The standard InChI is InChI=1S/C15H15N2O3/c18-15(19)12-7-4-8-17(10-12)14-9-13(16-20-14)11-5-2-1-3-6-11/h2-3,5-6,9,12H,4,7-8,10H2,(H,18,19). The van der Waals surface area contributed by atoms with E-state index < -0.39 is 5.97 Å². The molecule has 1 fully saturated rings. The topological polar surface area (TPSA) is 66.6 Å². The predicted octanol–water partition coefficient (Wildman–Crippen LogP) is 2.44. The van der Waals surface area contributed by atoms with E-state index in [4.69, 9.17) is 9.63 Å². The molecule has 5 heteroatoms. The van der Waals surface area contributed by atoms with Gasteiger partial charge >= 0.3 is 5.97 Å². The Bertz CT molecular complexity index is 594. The molecule has 2 aromatic rings. The van der Waals surface area contributed by atoms with E-state index in [-0.39, 0.29) is 5.92 Å². The Balaban J connectivity index is 1.78. The molecule has 0 bridgehead atoms. The monoisotopic (exact) mass is 271 g/mol.